The van der Waals surface area contributed by atoms with Crippen molar-refractivity contribution in [3.63, 3.8) is 0 Å². The first-order chi connectivity index (χ1) is 8.59. The van der Waals surface area contributed by atoms with Gasteiger partial charge < -0.3 is 20.2 Å². The first-order valence-corrected chi connectivity index (χ1v) is 6.58. The Hall–Kier alpha value is -0.850. The van der Waals surface area contributed by atoms with Gasteiger partial charge in [0, 0.05) is 26.2 Å². The van der Waals surface area contributed by atoms with Crippen LogP contribution in [0.2, 0.25) is 0 Å². The summed E-state index contributed by atoms with van der Waals surface area (Å²) in [7, 11) is 0. The van der Waals surface area contributed by atoms with E-state index >= 15 is 0 Å². The molecule has 2 aliphatic rings. The van der Waals surface area contributed by atoms with Gasteiger partial charge in [0.25, 0.3) is 5.91 Å². The number of carbonyl (C=O) groups is 2. The second kappa shape index (κ2) is 7.07. The van der Waals surface area contributed by atoms with Gasteiger partial charge in [-0.2, -0.15) is 0 Å². The van der Waals surface area contributed by atoms with E-state index in [0.717, 1.165) is 19.4 Å². The average molecular weight is 292 g/mol. The number of hydrogen-bond donors (Lipinski definition) is 2. The Kier molecular flexibility index (Phi) is 6.03. The largest absolute Gasteiger partial charge is 0.384 e. The van der Waals surface area contributed by atoms with Gasteiger partial charge in [-0.25, -0.2) is 0 Å². The number of rotatable bonds is 2. The Labute approximate surface area is 119 Å². The molecule has 0 aromatic rings. The fraction of sp³-hybridized carbons (Fsp3) is 0.833. The summed E-state index contributed by atoms with van der Waals surface area (Å²) in [6, 6.07) is -0.0379. The van der Waals surface area contributed by atoms with Gasteiger partial charge in [0.2, 0.25) is 5.91 Å². The molecule has 2 amide bonds. The molecular weight excluding hydrogens is 270 g/mol. The highest BCUT2D eigenvalue weighted by molar-refractivity contribution is 5.85. The minimum absolute atomic E-state index is 0. The van der Waals surface area contributed by atoms with Crippen LogP contribution < -0.4 is 5.32 Å². The summed E-state index contributed by atoms with van der Waals surface area (Å²) in [5, 5.41) is 12.4. The second-order valence-corrected chi connectivity index (χ2v) is 4.98. The lowest BCUT2D eigenvalue weighted by molar-refractivity contribution is -0.145. The Balaban J connectivity index is 0.00000180. The van der Waals surface area contributed by atoms with Crippen LogP contribution in [0.4, 0.5) is 0 Å². The SMILES string of the molecule is CC(O)C(=O)N1CCN(C(=O)C2CCCN2)CC1.Cl. The number of piperazine rings is 1. The summed E-state index contributed by atoms with van der Waals surface area (Å²) < 4.78 is 0. The summed E-state index contributed by atoms with van der Waals surface area (Å²) in [6.07, 6.45) is 1.01. The quantitative estimate of drug-likeness (QED) is 0.699. The predicted octanol–water partition coefficient (Wildman–Crippen LogP) is -0.788. The summed E-state index contributed by atoms with van der Waals surface area (Å²) in [6.45, 7) is 4.55. The van der Waals surface area contributed by atoms with Gasteiger partial charge in [0.05, 0.1) is 6.04 Å². The third-order valence-electron chi connectivity index (χ3n) is 3.62. The van der Waals surface area contributed by atoms with Gasteiger partial charge in [0.15, 0.2) is 0 Å². The van der Waals surface area contributed by atoms with Gasteiger partial charge >= 0.3 is 0 Å². The molecule has 0 bridgehead atoms. The normalized spacial score (nSPS) is 24.8. The van der Waals surface area contributed by atoms with Crippen molar-refractivity contribution in [2.75, 3.05) is 32.7 Å². The minimum Gasteiger partial charge on any atom is -0.384 e. The number of nitrogens with zero attached hydrogens (tertiary/aromatic N) is 2. The number of nitrogens with one attached hydrogen (secondary N) is 1. The van der Waals surface area contributed by atoms with Crippen LogP contribution >= 0.6 is 12.4 Å². The lowest BCUT2D eigenvalue weighted by atomic mass is 10.2. The summed E-state index contributed by atoms with van der Waals surface area (Å²) in [4.78, 5) is 27.1. The van der Waals surface area contributed by atoms with E-state index in [2.05, 4.69) is 5.32 Å². The van der Waals surface area contributed by atoms with E-state index in [1.165, 1.54) is 6.92 Å². The van der Waals surface area contributed by atoms with Crippen LogP contribution in [-0.4, -0.2) is 71.6 Å². The molecule has 0 spiro atoms. The van der Waals surface area contributed by atoms with E-state index in [0.29, 0.717) is 26.2 Å². The number of hydrogen-bond acceptors (Lipinski definition) is 4. The van der Waals surface area contributed by atoms with Crippen LogP contribution in [0.15, 0.2) is 0 Å². The van der Waals surface area contributed by atoms with Gasteiger partial charge in [-0.15, -0.1) is 12.4 Å². The number of halogens is 1. The third kappa shape index (κ3) is 3.81. The molecule has 2 saturated heterocycles. The molecule has 0 aromatic carbocycles. The number of carbonyl (C=O) groups excluding carboxylic acids is 2. The van der Waals surface area contributed by atoms with Crippen molar-refractivity contribution in [1.82, 2.24) is 15.1 Å². The zero-order valence-corrected chi connectivity index (χ0v) is 12.0. The molecule has 2 atom stereocenters. The molecule has 110 valence electrons. The Morgan fingerprint density at radius 1 is 1.21 bits per heavy atom. The predicted molar refractivity (Wildman–Crippen MR) is 73.1 cm³/mol. The molecule has 2 heterocycles. The molecule has 2 N–H and O–H groups in total. The maximum atomic E-state index is 12.1. The molecule has 0 radical (unpaired) electrons. The highest BCUT2D eigenvalue weighted by atomic mass is 35.5. The molecule has 2 unspecified atom stereocenters. The van der Waals surface area contributed by atoms with Crippen LogP contribution in [0.25, 0.3) is 0 Å². The Bertz CT molecular complexity index is 324. The highest BCUT2D eigenvalue weighted by Crippen LogP contribution is 2.11. The zero-order valence-electron chi connectivity index (χ0n) is 11.2. The van der Waals surface area contributed by atoms with E-state index < -0.39 is 6.10 Å². The number of aliphatic hydroxyl groups is 1. The van der Waals surface area contributed by atoms with Gasteiger partial charge in [-0.1, -0.05) is 0 Å². The standard InChI is InChI=1S/C12H21N3O3.ClH/c1-9(16)11(17)14-5-7-15(8-6-14)12(18)10-3-2-4-13-10;/h9-10,13,16H,2-8H2,1H3;1H. The second-order valence-electron chi connectivity index (χ2n) is 4.98. The fourth-order valence-electron chi connectivity index (χ4n) is 2.53. The molecule has 6 nitrogen and oxygen atoms in total. The maximum absolute atomic E-state index is 12.1. The molecule has 2 aliphatic heterocycles. The number of amides is 2. The van der Waals surface area contributed by atoms with Crippen LogP contribution in [0, 0.1) is 0 Å². The monoisotopic (exact) mass is 291 g/mol. The van der Waals surface area contributed by atoms with Crippen molar-refractivity contribution in [3.8, 4) is 0 Å². The van der Waals surface area contributed by atoms with Gasteiger partial charge in [0.1, 0.15) is 6.10 Å². The highest BCUT2D eigenvalue weighted by Gasteiger charge is 2.30. The Morgan fingerprint density at radius 2 is 1.79 bits per heavy atom. The molecular formula is C12H22ClN3O3. The van der Waals surface area contributed by atoms with Crippen molar-refractivity contribution in [2.45, 2.75) is 31.9 Å². The molecule has 0 aromatic heterocycles. The fourth-order valence-corrected chi connectivity index (χ4v) is 2.53. The summed E-state index contributed by atoms with van der Waals surface area (Å²) in [5.74, 6) is -0.0993. The summed E-state index contributed by atoms with van der Waals surface area (Å²) >= 11 is 0. The van der Waals surface area contributed by atoms with Crippen molar-refractivity contribution >= 4 is 24.2 Å². The van der Waals surface area contributed by atoms with Crippen LogP contribution in [0.1, 0.15) is 19.8 Å². The lowest BCUT2D eigenvalue weighted by Gasteiger charge is -2.36. The van der Waals surface area contributed by atoms with E-state index in [1.807, 2.05) is 4.90 Å². The Morgan fingerprint density at radius 3 is 2.26 bits per heavy atom. The van der Waals surface area contributed by atoms with E-state index in [-0.39, 0.29) is 30.3 Å². The zero-order chi connectivity index (χ0) is 13.1. The smallest absolute Gasteiger partial charge is 0.251 e. The number of aliphatic hydroxyl groups excluding tert-OH is 1. The third-order valence-corrected chi connectivity index (χ3v) is 3.62. The first kappa shape index (κ1) is 16.2. The molecule has 2 fully saturated rings. The van der Waals surface area contributed by atoms with Crippen molar-refractivity contribution in [2.24, 2.45) is 0 Å². The molecule has 0 saturated carbocycles. The van der Waals surface area contributed by atoms with Gasteiger partial charge in [-0.3, -0.25) is 9.59 Å². The van der Waals surface area contributed by atoms with Crippen LogP contribution in [-0.2, 0) is 9.59 Å². The lowest BCUT2D eigenvalue weighted by Crippen LogP contribution is -2.55. The van der Waals surface area contributed by atoms with Crippen molar-refractivity contribution in [3.05, 3.63) is 0 Å². The first-order valence-electron chi connectivity index (χ1n) is 6.58. The van der Waals surface area contributed by atoms with Crippen molar-refractivity contribution in [1.29, 1.82) is 0 Å². The molecule has 7 heteroatoms. The summed E-state index contributed by atoms with van der Waals surface area (Å²) in [5.41, 5.74) is 0. The topological polar surface area (TPSA) is 72.9 Å². The maximum Gasteiger partial charge on any atom is 0.251 e. The molecule has 19 heavy (non-hydrogen) atoms. The minimum atomic E-state index is -0.955. The van der Waals surface area contributed by atoms with Gasteiger partial charge in [-0.05, 0) is 26.3 Å². The van der Waals surface area contributed by atoms with Crippen LogP contribution in [0.5, 0.6) is 0 Å². The molecule has 2 rings (SSSR count). The molecule has 0 aliphatic carbocycles. The average Bonchev–Trinajstić information content (AvgIpc) is 2.91. The van der Waals surface area contributed by atoms with E-state index in [1.54, 1.807) is 4.90 Å². The van der Waals surface area contributed by atoms with E-state index in [4.69, 9.17) is 0 Å². The van der Waals surface area contributed by atoms with E-state index in [9.17, 15) is 14.7 Å². The van der Waals surface area contributed by atoms with Crippen LogP contribution in [0.3, 0.4) is 0 Å². The van der Waals surface area contributed by atoms with Crippen molar-refractivity contribution < 1.29 is 14.7 Å².